The Bertz CT molecular complexity index is 469. The van der Waals surface area contributed by atoms with Crippen LogP contribution in [0, 0.1) is 0 Å². The molecule has 0 bridgehead atoms. The monoisotopic (exact) mass is 427 g/mol. The SMILES string of the molecule is NCCCCCO[C@@H]1O[C@H](CO)[C@@H](O[C@@H]2O[C@H](CO)[C@H](O)[C@H](O)[C@H]2O)[C@H](O)[C@H]1O. The zero-order valence-corrected chi connectivity index (χ0v) is 16.1. The van der Waals surface area contributed by atoms with Crippen molar-refractivity contribution in [1.29, 1.82) is 0 Å². The van der Waals surface area contributed by atoms with Crippen LogP contribution in [0.3, 0.4) is 0 Å². The molecule has 0 aliphatic carbocycles. The Labute approximate surface area is 168 Å². The van der Waals surface area contributed by atoms with Crippen molar-refractivity contribution in [2.45, 2.75) is 80.7 Å². The second-order valence-corrected chi connectivity index (χ2v) is 7.22. The minimum absolute atomic E-state index is 0.255. The molecule has 12 nitrogen and oxygen atoms in total. The second kappa shape index (κ2) is 11.8. The first kappa shape index (κ1) is 24.8. The predicted molar refractivity (Wildman–Crippen MR) is 95.3 cm³/mol. The standard InChI is InChI=1S/C17H33NO11/c18-4-2-1-3-5-26-16-14(25)12(23)15(9(7-20)28-16)29-17-13(24)11(22)10(21)8(6-19)27-17/h8-17,19-25H,1-7,18H2/t8-,9-,10+,11+,12-,13-,14-,15-,16-,17+/m1/s1. The third-order valence-corrected chi connectivity index (χ3v) is 5.09. The molecule has 0 unspecified atom stereocenters. The molecule has 9 N–H and O–H groups in total. The lowest BCUT2D eigenvalue weighted by Crippen LogP contribution is -2.64. The molecule has 0 aromatic rings. The molecule has 2 aliphatic rings. The van der Waals surface area contributed by atoms with Gasteiger partial charge in [-0.15, -0.1) is 0 Å². The molecule has 0 radical (unpaired) electrons. The van der Waals surface area contributed by atoms with Gasteiger partial charge in [0.15, 0.2) is 12.6 Å². The molecule has 12 heteroatoms. The zero-order valence-electron chi connectivity index (χ0n) is 16.1. The molecule has 10 atom stereocenters. The van der Waals surface area contributed by atoms with Crippen molar-refractivity contribution >= 4 is 0 Å². The first-order valence-electron chi connectivity index (χ1n) is 9.75. The van der Waals surface area contributed by atoms with Crippen molar-refractivity contribution in [1.82, 2.24) is 0 Å². The van der Waals surface area contributed by atoms with Crippen LogP contribution in [0.4, 0.5) is 0 Å². The summed E-state index contributed by atoms with van der Waals surface area (Å²) in [5, 5.41) is 69.3. The summed E-state index contributed by atoms with van der Waals surface area (Å²) in [7, 11) is 0. The molecule has 0 amide bonds. The number of ether oxygens (including phenoxy) is 4. The Morgan fingerprint density at radius 3 is 1.93 bits per heavy atom. The number of hydrogen-bond acceptors (Lipinski definition) is 12. The van der Waals surface area contributed by atoms with Crippen LogP contribution in [0.15, 0.2) is 0 Å². The van der Waals surface area contributed by atoms with E-state index in [2.05, 4.69) is 0 Å². The van der Waals surface area contributed by atoms with E-state index in [4.69, 9.17) is 24.7 Å². The molecule has 0 aromatic carbocycles. The van der Waals surface area contributed by atoms with Gasteiger partial charge in [-0.25, -0.2) is 0 Å². The first-order valence-corrected chi connectivity index (χ1v) is 9.75. The van der Waals surface area contributed by atoms with Gasteiger partial charge < -0.3 is 60.4 Å². The molecule has 2 rings (SSSR count). The van der Waals surface area contributed by atoms with Crippen LogP contribution >= 0.6 is 0 Å². The summed E-state index contributed by atoms with van der Waals surface area (Å²) in [6, 6.07) is 0. The fraction of sp³-hybridized carbons (Fsp3) is 1.00. The van der Waals surface area contributed by atoms with Gasteiger partial charge >= 0.3 is 0 Å². The van der Waals surface area contributed by atoms with E-state index in [0.717, 1.165) is 12.8 Å². The molecule has 0 saturated carbocycles. The maximum absolute atomic E-state index is 10.4. The topological polar surface area (TPSA) is 205 Å². The van der Waals surface area contributed by atoms with Crippen molar-refractivity contribution in [3.05, 3.63) is 0 Å². The lowest BCUT2D eigenvalue weighted by atomic mass is 9.97. The van der Waals surface area contributed by atoms with Gasteiger partial charge in [0.25, 0.3) is 0 Å². The van der Waals surface area contributed by atoms with Gasteiger partial charge in [-0.05, 0) is 25.8 Å². The Kier molecular flexibility index (Phi) is 10.1. The highest BCUT2D eigenvalue weighted by Gasteiger charge is 2.50. The predicted octanol–water partition coefficient (Wildman–Crippen LogP) is -4.24. The number of hydrogen-bond donors (Lipinski definition) is 8. The fourth-order valence-electron chi connectivity index (χ4n) is 3.32. The van der Waals surface area contributed by atoms with Gasteiger partial charge in [0, 0.05) is 6.61 Å². The van der Waals surface area contributed by atoms with E-state index < -0.39 is 74.6 Å². The van der Waals surface area contributed by atoms with Crippen molar-refractivity contribution < 1.29 is 54.7 Å². The van der Waals surface area contributed by atoms with E-state index in [0.29, 0.717) is 13.0 Å². The van der Waals surface area contributed by atoms with Crippen molar-refractivity contribution in [2.75, 3.05) is 26.4 Å². The average Bonchev–Trinajstić information content (AvgIpc) is 2.72. The maximum atomic E-state index is 10.4. The van der Waals surface area contributed by atoms with E-state index >= 15 is 0 Å². The van der Waals surface area contributed by atoms with E-state index in [1.165, 1.54) is 0 Å². The highest BCUT2D eigenvalue weighted by atomic mass is 16.7. The fourth-order valence-corrected chi connectivity index (χ4v) is 3.32. The number of nitrogens with two attached hydrogens (primary N) is 1. The minimum Gasteiger partial charge on any atom is -0.394 e. The van der Waals surface area contributed by atoms with Gasteiger partial charge in [0.05, 0.1) is 13.2 Å². The van der Waals surface area contributed by atoms with Crippen LogP contribution in [0.5, 0.6) is 0 Å². The molecular weight excluding hydrogens is 394 g/mol. The first-order chi connectivity index (χ1) is 13.8. The van der Waals surface area contributed by atoms with Gasteiger partial charge in [0.2, 0.25) is 0 Å². The molecule has 0 aromatic heterocycles. The number of unbranched alkanes of at least 4 members (excludes halogenated alkanes) is 2. The summed E-state index contributed by atoms with van der Waals surface area (Å²) in [5.41, 5.74) is 5.41. The van der Waals surface area contributed by atoms with Gasteiger partial charge in [0.1, 0.15) is 48.8 Å². The molecule has 2 saturated heterocycles. The molecule has 2 fully saturated rings. The van der Waals surface area contributed by atoms with E-state index in [1.807, 2.05) is 0 Å². The third kappa shape index (κ3) is 6.03. The summed E-state index contributed by atoms with van der Waals surface area (Å²) in [6.07, 6.45) is -12.1. The quantitative estimate of drug-likeness (QED) is 0.156. The summed E-state index contributed by atoms with van der Waals surface area (Å²) < 4.78 is 21.6. The van der Waals surface area contributed by atoms with E-state index in [1.54, 1.807) is 0 Å². The summed E-state index contributed by atoms with van der Waals surface area (Å²) >= 11 is 0. The highest BCUT2D eigenvalue weighted by Crippen LogP contribution is 2.29. The molecule has 2 heterocycles. The van der Waals surface area contributed by atoms with Crippen LogP contribution in [0.25, 0.3) is 0 Å². The van der Waals surface area contributed by atoms with E-state index in [-0.39, 0.29) is 6.61 Å². The molecule has 2 aliphatic heterocycles. The van der Waals surface area contributed by atoms with Crippen molar-refractivity contribution in [3.8, 4) is 0 Å². The zero-order chi connectivity index (χ0) is 21.6. The van der Waals surface area contributed by atoms with Crippen LogP contribution < -0.4 is 5.73 Å². The van der Waals surface area contributed by atoms with Crippen LogP contribution in [0.1, 0.15) is 19.3 Å². The minimum atomic E-state index is -1.70. The van der Waals surface area contributed by atoms with Crippen LogP contribution in [0.2, 0.25) is 0 Å². The molecule has 172 valence electrons. The van der Waals surface area contributed by atoms with Crippen molar-refractivity contribution in [2.24, 2.45) is 5.73 Å². The Morgan fingerprint density at radius 2 is 1.31 bits per heavy atom. The number of rotatable bonds is 10. The van der Waals surface area contributed by atoms with Crippen LogP contribution in [-0.4, -0.2) is 124 Å². The summed E-state index contributed by atoms with van der Waals surface area (Å²) in [4.78, 5) is 0. The molecular formula is C17H33NO11. The highest BCUT2D eigenvalue weighted by molar-refractivity contribution is 4.94. The second-order valence-electron chi connectivity index (χ2n) is 7.22. The van der Waals surface area contributed by atoms with E-state index in [9.17, 15) is 35.7 Å². The number of aliphatic hydroxyl groups excluding tert-OH is 7. The largest absolute Gasteiger partial charge is 0.394 e. The lowest BCUT2D eigenvalue weighted by Gasteiger charge is -2.45. The maximum Gasteiger partial charge on any atom is 0.187 e. The Hall–Kier alpha value is -0.480. The third-order valence-electron chi connectivity index (χ3n) is 5.09. The smallest absolute Gasteiger partial charge is 0.187 e. The van der Waals surface area contributed by atoms with Crippen molar-refractivity contribution in [3.63, 3.8) is 0 Å². The normalized spacial score (nSPS) is 43.4. The number of aliphatic hydroxyl groups is 7. The van der Waals surface area contributed by atoms with Gasteiger partial charge in [-0.2, -0.15) is 0 Å². The van der Waals surface area contributed by atoms with Gasteiger partial charge in [-0.1, -0.05) is 0 Å². The lowest BCUT2D eigenvalue weighted by molar-refractivity contribution is -0.359. The summed E-state index contributed by atoms with van der Waals surface area (Å²) in [6.45, 7) is -0.435. The van der Waals surface area contributed by atoms with Gasteiger partial charge in [-0.3, -0.25) is 0 Å². The Balaban J connectivity index is 1.98. The summed E-state index contributed by atoms with van der Waals surface area (Å²) in [5.74, 6) is 0. The molecule has 29 heavy (non-hydrogen) atoms. The average molecular weight is 427 g/mol. The van der Waals surface area contributed by atoms with Crippen LogP contribution in [-0.2, 0) is 18.9 Å². The Morgan fingerprint density at radius 1 is 0.690 bits per heavy atom. The molecule has 0 spiro atoms.